The first kappa shape index (κ1) is 17.0. The van der Waals surface area contributed by atoms with E-state index in [-0.39, 0.29) is 29.4 Å². The van der Waals surface area contributed by atoms with E-state index in [4.69, 9.17) is 4.74 Å². The van der Waals surface area contributed by atoms with Crippen LogP contribution in [-0.4, -0.2) is 69.7 Å². The molecule has 0 spiro atoms. The molecule has 8 nitrogen and oxygen atoms in total. The molecule has 2 aliphatic heterocycles. The van der Waals surface area contributed by atoms with Gasteiger partial charge in [-0.1, -0.05) is 0 Å². The van der Waals surface area contributed by atoms with Gasteiger partial charge in [0.05, 0.1) is 25.3 Å². The monoisotopic (exact) mass is 371 g/mol. The fourth-order valence-corrected chi connectivity index (χ4v) is 3.22. The summed E-state index contributed by atoms with van der Waals surface area (Å²) in [6, 6.07) is 0.728. The molecule has 2 aromatic heterocycles. The molecule has 1 amide bonds. The predicted molar refractivity (Wildman–Crippen MR) is 82.8 cm³/mol. The lowest BCUT2D eigenvalue weighted by Crippen LogP contribution is -2.41. The Labute approximate surface area is 145 Å². The van der Waals surface area contributed by atoms with E-state index in [0.717, 1.165) is 19.2 Å². The maximum absolute atomic E-state index is 12.8. The van der Waals surface area contributed by atoms with Crippen molar-refractivity contribution in [2.45, 2.75) is 12.7 Å². The molecule has 1 N–H and O–H groups in total. The number of nitrogens with one attached hydrogen (secondary N) is 1. The molecule has 0 unspecified atom stereocenters. The van der Waals surface area contributed by atoms with E-state index >= 15 is 0 Å². The minimum Gasteiger partial charge on any atom is -0.379 e. The van der Waals surface area contributed by atoms with Crippen LogP contribution >= 0.6 is 0 Å². The van der Waals surface area contributed by atoms with Crippen molar-refractivity contribution in [1.82, 2.24) is 24.4 Å². The number of aromatic nitrogens is 3. The molecular weight excluding hydrogens is 355 g/mol. The van der Waals surface area contributed by atoms with Crippen molar-refractivity contribution < 1.29 is 22.7 Å². The summed E-state index contributed by atoms with van der Waals surface area (Å²) >= 11 is 0. The largest absolute Gasteiger partial charge is 0.435 e. The first-order valence-corrected chi connectivity index (χ1v) is 8.16. The zero-order valence-electron chi connectivity index (χ0n) is 13.7. The molecule has 0 atom stereocenters. The number of alkyl halides is 3. The first-order valence-electron chi connectivity index (χ1n) is 8.16. The predicted octanol–water partition coefficient (Wildman–Crippen LogP) is 0.329. The Balaban J connectivity index is 1.58. The Morgan fingerprint density at radius 2 is 1.92 bits per heavy atom. The van der Waals surface area contributed by atoms with Crippen LogP contribution in [0, 0.1) is 0 Å². The lowest BCUT2D eigenvalue weighted by atomic mass is 10.2. The second kappa shape index (κ2) is 6.09. The highest BCUT2D eigenvalue weighted by atomic mass is 19.4. The second-order valence-corrected chi connectivity index (χ2v) is 6.29. The summed E-state index contributed by atoms with van der Waals surface area (Å²) in [5.41, 5.74) is -1.85. The number of hydrogen-bond donors (Lipinski definition) is 1. The number of H-pyrrole nitrogens is 1. The minimum atomic E-state index is -4.66. The van der Waals surface area contributed by atoms with Crippen LogP contribution in [0.5, 0.6) is 0 Å². The Bertz CT molecular complexity index is 914. The lowest BCUT2D eigenvalue weighted by Gasteiger charge is -2.28. The molecule has 0 radical (unpaired) electrons. The number of amides is 1. The van der Waals surface area contributed by atoms with Crippen molar-refractivity contribution in [2.24, 2.45) is 0 Å². The van der Waals surface area contributed by atoms with Gasteiger partial charge < -0.3 is 14.6 Å². The number of halogens is 3. The number of morpholine rings is 1. The molecular formula is C15H16F3N5O3. The lowest BCUT2D eigenvalue weighted by molar-refractivity contribution is -0.141. The molecule has 0 aliphatic carbocycles. The van der Waals surface area contributed by atoms with Gasteiger partial charge >= 0.3 is 6.18 Å². The van der Waals surface area contributed by atoms with Crippen LogP contribution in [0.1, 0.15) is 21.7 Å². The van der Waals surface area contributed by atoms with Crippen molar-refractivity contribution in [3.05, 3.63) is 33.4 Å². The average Bonchev–Trinajstić information content (AvgIpc) is 3.17. The summed E-state index contributed by atoms with van der Waals surface area (Å²) in [5, 5.41) is 3.33. The highest BCUT2D eigenvalue weighted by molar-refractivity contribution is 5.96. The quantitative estimate of drug-likeness (QED) is 0.841. The van der Waals surface area contributed by atoms with Crippen molar-refractivity contribution >= 4 is 11.6 Å². The third-order valence-electron chi connectivity index (χ3n) is 4.65. The maximum Gasteiger partial charge on any atom is 0.435 e. The van der Waals surface area contributed by atoms with E-state index in [0.29, 0.717) is 30.8 Å². The Morgan fingerprint density at radius 3 is 2.62 bits per heavy atom. The van der Waals surface area contributed by atoms with E-state index in [1.54, 1.807) is 0 Å². The first-order chi connectivity index (χ1) is 12.3. The molecule has 2 aliphatic rings. The smallest absolute Gasteiger partial charge is 0.379 e. The molecule has 1 fully saturated rings. The number of carbonyl (C=O) groups excluding carboxylic acids is 1. The molecule has 11 heteroatoms. The average molecular weight is 371 g/mol. The van der Waals surface area contributed by atoms with Crippen LogP contribution in [0.4, 0.5) is 13.2 Å². The minimum absolute atomic E-state index is 0.0399. The summed E-state index contributed by atoms with van der Waals surface area (Å²) in [6.07, 6.45) is -4.66. The fraction of sp³-hybridized carbons (Fsp3) is 0.533. The SMILES string of the molecule is O=C1c2[nH]c3cc(C(F)(F)F)nn3c(=O)c2CN1CCN1CCOCC1. The van der Waals surface area contributed by atoms with Gasteiger partial charge in [-0.3, -0.25) is 14.5 Å². The molecule has 0 bridgehead atoms. The summed E-state index contributed by atoms with van der Waals surface area (Å²) in [5.74, 6) is -0.386. The van der Waals surface area contributed by atoms with Crippen molar-refractivity contribution in [2.75, 3.05) is 39.4 Å². The van der Waals surface area contributed by atoms with Gasteiger partial charge in [0.2, 0.25) is 0 Å². The summed E-state index contributed by atoms with van der Waals surface area (Å²) in [6.45, 7) is 3.98. The number of hydrogen-bond acceptors (Lipinski definition) is 5. The van der Waals surface area contributed by atoms with Crippen molar-refractivity contribution in [3.8, 4) is 0 Å². The topological polar surface area (TPSA) is 82.9 Å². The van der Waals surface area contributed by atoms with Crippen LogP contribution in [0.25, 0.3) is 5.65 Å². The van der Waals surface area contributed by atoms with E-state index in [1.807, 2.05) is 0 Å². The molecule has 4 heterocycles. The number of nitrogens with zero attached hydrogens (tertiary/aromatic N) is 4. The van der Waals surface area contributed by atoms with Gasteiger partial charge in [-0.2, -0.15) is 22.8 Å². The van der Waals surface area contributed by atoms with Gasteiger partial charge in [0.25, 0.3) is 11.5 Å². The number of rotatable bonds is 3. The van der Waals surface area contributed by atoms with Gasteiger partial charge in [-0.25, -0.2) is 0 Å². The van der Waals surface area contributed by atoms with E-state index in [9.17, 15) is 22.8 Å². The van der Waals surface area contributed by atoms with Gasteiger partial charge in [-0.15, -0.1) is 0 Å². The van der Waals surface area contributed by atoms with Gasteiger partial charge in [-0.05, 0) is 0 Å². The molecule has 1 saturated heterocycles. The van der Waals surface area contributed by atoms with Crippen molar-refractivity contribution in [1.29, 1.82) is 0 Å². The zero-order chi connectivity index (χ0) is 18.5. The molecule has 26 heavy (non-hydrogen) atoms. The highest BCUT2D eigenvalue weighted by Gasteiger charge is 2.36. The summed E-state index contributed by atoms with van der Waals surface area (Å²) < 4.78 is 44.3. The van der Waals surface area contributed by atoms with Gasteiger partial charge in [0.1, 0.15) is 11.3 Å². The summed E-state index contributed by atoms with van der Waals surface area (Å²) in [7, 11) is 0. The molecule has 2 aromatic rings. The van der Waals surface area contributed by atoms with E-state index in [2.05, 4.69) is 15.0 Å². The molecule has 140 valence electrons. The normalized spacial score (nSPS) is 18.7. The summed E-state index contributed by atoms with van der Waals surface area (Å²) in [4.78, 5) is 31.3. The maximum atomic E-state index is 12.8. The second-order valence-electron chi connectivity index (χ2n) is 6.29. The standard InChI is InChI=1S/C15H16F3N5O3/c16-15(17,18)10-7-11-19-12-9(13(24)23(11)20-10)8-22(14(12)25)2-1-21-3-5-26-6-4-21/h7,19H,1-6,8H2. The van der Waals surface area contributed by atoms with E-state index in [1.165, 1.54) is 4.90 Å². The fourth-order valence-electron chi connectivity index (χ4n) is 3.22. The Morgan fingerprint density at radius 1 is 1.19 bits per heavy atom. The Hall–Kier alpha value is -2.40. The number of carbonyl (C=O) groups is 1. The van der Waals surface area contributed by atoms with Crippen molar-refractivity contribution in [3.63, 3.8) is 0 Å². The van der Waals surface area contributed by atoms with Crippen LogP contribution in [0.3, 0.4) is 0 Å². The molecule has 4 rings (SSSR count). The Kier molecular flexibility index (Phi) is 3.99. The molecule has 0 saturated carbocycles. The highest BCUT2D eigenvalue weighted by Crippen LogP contribution is 2.28. The third kappa shape index (κ3) is 2.86. The number of fused-ring (bicyclic) bond motifs is 2. The van der Waals surface area contributed by atoms with Crippen LogP contribution in [0.2, 0.25) is 0 Å². The van der Waals surface area contributed by atoms with Crippen LogP contribution in [0.15, 0.2) is 10.9 Å². The number of aromatic amines is 1. The van der Waals surface area contributed by atoms with Crippen LogP contribution in [-0.2, 0) is 17.5 Å². The molecule has 0 aromatic carbocycles. The third-order valence-corrected chi connectivity index (χ3v) is 4.65. The van der Waals surface area contributed by atoms with E-state index < -0.39 is 17.4 Å². The number of ether oxygens (including phenoxy) is 1. The van der Waals surface area contributed by atoms with Gasteiger partial charge in [0, 0.05) is 32.2 Å². The van der Waals surface area contributed by atoms with Gasteiger partial charge in [0.15, 0.2) is 5.69 Å². The van der Waals surface area contributed by atoms with Crippen LogP contribution < -0.4 is 5.56 Å². The zero-order valence-corrected chi connectivity index (χ0v) is 13.7.